The lowest BCUT2D eigenvalue weighted by atomic mass is 9.90. The maximum Gasteiger partial charge on any atom is 0.413 e. The molecule has 1 aromatic carbocycles. The Hall–Kier alpha value is -2.41. The molecule has 1 N–H and O–H groups in total. The maximum absolute atomic E-state index is 11.8. The fraction of sp³-hybridized carbons (Fsp3) is 0.500. The monoisotopic (exact) mass is 345 g/mol. The fourth-order valence-electron chi connectivity index (χ4n) is 3.01. The molecule has 25 heavy (non-hydrogen) atoms. The average Bonchev–Trinajstić information content (AvgIpc) is 2.60. The van der Waals surface area contributed by atoms with E-state index in [-0.39, 0.29) is 6.10 Å². The van der Waals surface area contributed by atoms with Gasteiger partial charge in [-0.3, -0.25) is 10.3 Å². The number of rotatable bonds is 4. The summed E-state index contributed by atoms with van der Waals surface area (Å²) in [6.45, 7) is 5.09. The van der Waals surface area contributed by atoms with Gasteiger partial charge in [0.2, 0.25) is 0 Å². The summed E-state index contributed by atoms with van der Waals surface area (Å²) >= 11 is 0. The van der Waals surface area contributed by atoms with Crippen molar-refractivity contribution in [3.8, 4) is 5.75 Å². The van der Waals surface area contributed by atoms with Crippen LogP contribution >= 0.6 is 0 Å². The van der Waals surface area contributed by atoms with Crippen molar-refractivity contribution in [2.24, 2.45) is 0 Å². The van der Waals surface area contributed by atoms with Gasteiger partial charge in [-0.25, -0.2) is 9.78 Å². The molecule has 7 nitrogen and oxygen atoms in total. The van der Waals surface area contributed by atoms with Crippen molar-refractivity contribution < 1.29 is 19.0 Å². The van der Waals surface area contributed by atoms with Crippen LogP contribution in [0.5, 0.6) is 5.75 Å². The number of methoxy groups -OCH3 is 1. The number of carbonyl (C=O) groups is 1. The van der Waals surface area contributed by atoms with Crippen LogP contribution in [0.1, 0.15) is 38.2 Å². The number of carbonyl (C=O) groups excluding carboxylic acids is 1. The predicted molar refractivity (Wildman–Crippen MR) is 94.1 cm³/mol. The fourth-order valence-corrected chi connectivity index (χ4v) is 3.01. The Labute approximate surface area is 146 Å². The van der Waals surface area contributed by atoms with Gasteiger partial charge in [-0.15, -0.1) is 0 Å². The van der Waals surface area contributed by atoms with Gasteiger partial charge in [-0.05, 0) is 44.2 Å². The van der Waals surface area contributed by atoms with Crippen LogP contribution in [0, 0.1) is 0 Å². The first kappa shape index (κ1) is 17.4. The van der Waals surface area contributed by atoms with Crippen LogP contribution < -0.4 is 10.1 Å². The van der Waals surface area contributed by atoms with Gasteiger partial charge >= 0.3 is 6.09 Å². The van der Waals surface area contributed by atoms with Gasteiger partial charge < -0.3 is 14.2 Å². The van der Waals surface area contributed by atoms with Gasteiger partial charge in [0.1, 0.15) is 11.3 Å². The molecule has 0 spiro atoms. The summed E-state index contributed by atoms with van der Waals surface area (Å²) in [7, 11) is 1.59. The Bertz CT molecular complexity index is 757. The predicted octanol–water partition coefficient (Wildman–Crippen LogP) is 3.49. The summed E-state index contributed by atoms with van der Waals surface area (Å²) in [4.78, 5) is 20.8. The van der Waals surface area contributed by atoms with Crippen molar-refractivity contribution in [3.05, 3.63) is 23.9 Å². The molecule has 0 atom stereocenters. The van der Waals surface area contributed by atoms with E-state index in [0.717, 1.165) is 37.1 Å². The number of anilines is 1. The third-order valence-electron chi connectivity index (χ3n) is 4.15. The first-order valence-corrected chi connectivity index (χ1v) is 8.47. The number of hydrogen-bond donors (Lipinski definition) is 1. The molecule has 0 radical (unpaired) electrons. The molecule has 3 rings (SSSR count). The number of amides is 1. The highest BCUT2D eigenvalue weighted by Gasteiger charge is 2.21. The molecule has 1 aliphatic rings. The summed E-state index contributed by atoms with van der Waals surface area (Å²) in [6.07, 6.45) is 2.71. The second-order valence-corrected chi connectivity index (χ2v) is 6.28. The Morgan fingerprint density at radius 2 is 2.04 bits per heavy atom. The van der Waals surface area contributed by atoms with Gasteiger partial charge in [0.25, 0.3) is 0 Å². The molecule has 1 saturated heterocycles. The van der Waals surface area contributed by atoms with Crippen molar-refractivity contribution >= 4 is 22.9 Å². The molecular formula is C18H23N3O4. The Balaban J connectivity index is 1.95. The van der Waals surface area contributed by atoms with Crippen LogP contribution in [0.25, 0.3) is 11.0 Å². The molecule has 2 heterocycles. The SMILES string of the molecule is COc1ccc(C2CCOCC2)c2ncc(NC(=O)OC(C)C)nc12. The van der Waals surface area contributed by atoms with E-state index in [9.17, 15) is 4.79 Å². The van der Waals surface area contributed by atoms with E-state index >= 15 is 0 Å². The normalized spacial score (nSPS) is 15.4. The highest BCUT2D eigenvalue weighted by atomic mass is 16.6. The molecule has 134 valence electrons. The second-order valence-electron chi connectivity index (χ2n) is 6.28. The summed E-state index contributed by atoms with van der Waals surface area (Å²) in [5, 5.41) is 2.61. The number of fused-ring (bicyclic) bond motifs is 1. The standard InChI is InChI=1S/C18H23N3O4/c1-11(2)25-18(22)21-15-10-19-16-13(12-6-8-24-9-7-12)4-5-14(23-3)17(16)20-15/h4-5,10-12H,6-9H2,1-3H3,(H,20,21,22). The van der Waals surface area contributed by atoms with Crippen LogP contribution in [-0.2, 0) is 9.47 Å². The molecule has 7 heteroatoms. The van der Waals surface area contributed by atoms with Gasteiger partial charge in [0.05, 0.1) is 24.9 Å². The third-order valence-corrected chi connectivity index (χ3v) is 4.15. The van der Waals surface area contributed by atoms with Crippen LogP contribution in [-0.4, -0.2) is 42.5 Å². The van der Waals surface area contributed by atoms with Crippen LogP contribution in [0.4, 0.5) is 10.6 Å². The minimum Gasteiger partial charge on any atom is -0.494 e. The molecule has 1 aliphatic heterocycles. The zero-order valence-electron chi connectivity index (χ0n) is 14.7. The maximum atomic E-state index is 11.8. The van der Waals surface area contributed by atoms with Gasteiger partial charge in [0.15, 0.2) is 5.82 Å². The first-order valence-electron chi connectivity index (χ1n) is 8.47. The topological polar surface area (TPSA) is 82.6 Å². The molecule has 1 aromatic heterocycles. The second kappa shape index (κ2) is 7.65. The van der Waals surface area contributed by atoms with E-state index in [1.54, 1.807) is 27.2 Å². The summed E-state index contributed by atoms with van der Waals surface area (Å²) < 4.78 is 16.0. The summed E-state index contributed by atoms with van der Waals surface area (Å²) in [5.41, 5.74) is 2.57. The van der Waals surface area contributed by atoms with E-state index < -0.39 is 6.09 Å². The number of aromatic nitrogens is 2. The third kappa shape index (κ3) is 3.99. The smallest absolute Gasteiger partial charge is 0.413 e. The number of ether oxygens (including phenoxy) is 3. The number of hydrogen-bond acceptors (Lipinski definition) is 6. The molecule has 2 aromatic rings. The van der Waals surface area contributed by atoms with Crippen LogP contribution in [0.3, 0.4) is 0 Å². The number of nitrogens with zero attached hydrogens (tertiary/aromatic N) is 2. The van der Waals surface area contributed by atoms with Crippen molar-refractivity contribution in [2.45, 2.75) is 38.7 Å². The highest BCUT2D eigenvalue weighted by Crippen LogP contribution is 2.35. The van der Waals surface area contributed by atoms with Crippen molar-refractivity contribution in [1.29, 1.82) is 0 Å². The lowest BCUT2D eigenvalue weighted by molar-refractivity contribution is 0.0855. The van der Waals surface area contributed by atoms with E-state index in [1.165, 1.54) is 0 Å². The zero-order chi connectivity index (χ0) is 17.8. The minimum absolute atomic E-state index is 0.205. The molecule has 1 amide bonds. The van der Waals surface area contributed by atoms with Crippen molar-refractivity contribution in [1.82, 2.24) is 9.97 Å². The quantitative estimate of drug-likeness (QED) is 0.913. The lowest BCUT2D eigenvalue weighted by Crippen LogP contribution is -2.19. The molecule has 1 fully saturated rings. The van der Waals surface area contributed by atoms with Crippen LogP contribution in [0.2, 0.25) is 0 Å². The van der Waals surface area contributed by atoms with Crippen molar-refractivity contribution in [3.63, 3.8) is 0 Å². The van der Waals surface area contributed by atoms with Gasteiger partial charge in [-0.2, -0.15) is 0 Å². The summed E-state index contributed by atoms with van der Waals surface area (Å²) in [5.74, 6) is 1.35. The van der Waals surface area contributed by atoms with E-state index in [0.29, 0.717) is 23.0 Å². The Morgan fingerprint density at radius 1 is 1.28 bits per heavy atom. The van der Waals surface area contributed by atoms with Gasteiger partial charge in [0, 0.05) is 13.2 Å². The Morgan fingerprint density at radius 3 is 2.72 bits per heavy atom. The molecular weight excluding hydrogens is 322 g/mol. The van der Waals surface area contributed by atoms with Crippen LogP contribution in [0.15, 0.2) is 18.3 Å². The number of nitrogens with one attached hydrogen (secondary N) is 1. The Kier molecular flexibility index (Phi) is 5.33. The number of benzene rings is 1. The highest BCUT2D eigenvalue weighted by molar-refractivity contribution is 5.88. The average molecular weight is 345 g/mol. The van der Waals surface area contributed by atoms with Crippen molar-refractivity contribution in [2.75, 3.05) is 25.6 Å². The van der Waals surface area contributed by atoms with Gasteiger partial charge in [-0.1, -0.05) is 6.07 Å². The minimum atomic E-state index is -0.553. The molecule has 0 saturated carbocycles. The summed E-state index contributed by atoms with van der Waals surface area (Å²) in [6, 6.07) is 3.95. The zero-order valence-corrected chi connectivity index (χ0v) is 14.7. The lowest BCUT2D eigenvalue weighted by Gasteiger charge is -2.23. The van der Waals surface area contributed by atoms with E-state index in [1.807, 2.05) is 12.1 Å². The first-order chi connectivity index (χ1) is 12.1. The largest absolute Gasteiger partial charge is 0.494 e. The van der Waals surface area contributed by atoms with E-state index in [2.05, 4.69) is 15.3 Å². The van der Waals surface area contributed by atoms with E-state index in [4.69, 9.17) is 14.2 Å². The molecule has 0 unspecified atom stereocenters. The molecule has 0 bridgehead atoms. The molecule has 0 aliphatic carbocycles.